The number of ether oxygens (including phenoxy) is 1. The van der Waals surface area contributed by atoms with Gasteiger partial charge in [0.15, 0.2) is 0 Å². The number of carbonyl (C=O) groups is 3. The molecule has 0 spiro atoms. The predicted molar refractivity (Wildman–Crippen MR) is 130 cm³/mol. The van der Waals surface area contributed by atoms with E-state index in [1.807, 2.05) is 4.57 Å². The van der Waals surface area contributed by atoms with E-state index in [2.05, 4.69) is 15.6 Å². The fourth-order valence-corrected chi connectivity index (χ4v) is 3.84. The number of carbonyl (C=O) groups excluding carboxylic acids is 3. The summed E-state index contributed by atoms with van der Waals surface area (Å²) < 4.78 is 20.2. The molecule has 0 aliphatic carbocycles. The molecule has 0 saturated heterocycles. The van der Waals surface area contributed by atoms with Gasteiger partial charge in [-0.1, -0.05) is 12.1 Å². The fourth-order valence-electron chi connectivity index (χ4n) is 3.84. The molecule has 4 rings (SSSR count). The van der Waals surface area contributed by atoms with E-state index in [4.69, 9.17) is 4.74 Å². The van der Waals surface area contributed by atoms with Crippen LogP contribution in [-0.4, -0.2) is 33.9 Å². The molecule has 0 unspecified atom stereocenters. The number of hydrogen-bond acceptors (Lipinski definition) is 5. The van der Waals surface area contributed by atoms with Crippen LogP contribution in [0.5, 0.6) is 0 Å². The van der Waals surface area contributed by atoms with Crippen molar-refractivity contribution in [1.29, 1.82) is 0 Å². The maximum absolute atomic E-state index is 13.4. The van der Waals surface area contributed by atoms with Crippen LogP contribution in [0.1, 0.15) is 28.5 Å². The Bertz CT molecular complexity index is 1400. The topological polar surface area (TPSA) is 102 Å². The second-order valence-corrected chi connectivity index (χ2v) is 7.77. The summed E-state index contributed by atoms with van der Waals surface area (Å²) in [5.41, 5.74) is 3.13. The summed E-state index contributed by atoms with van der Waals surface area (Å²) in [5.74, 6) is -1.87. The van der Waals surface area contributed by atoms with Gasteiger partial charge in [-0.25, -0.2) is 9.18 Å². The molecule has 0 saturated carbocycles. The highest BCUT2D eigenvalue weighted by molar-refractivity contribution is 6.48. The van der Waals surface area contributed by atoms with Crippen LogP contribution in [0.3, 0.4) is 0 Å². The Kier molecular flexibility index (Phi) is 6.86. The van der Waals surface area contributed by atoms with Gasteiger partial charge < -0.3 is 14.6 Å². The lowest BCUT2D eigenvalue weighted by Crippen LogP contribution is -2.23. The smallest absolute Gasteiger partial charge is 0.411 e. The van der Waals surface area contributed by atoms with E-state index in [9.17, 15) is 18.8 Å². The maximum atomic E-state index is 13.4. The minimum absolute atomic E-state index is 0.208. The quantitative estimate of drug-likeness (QED) is 0.292. The van der Waals surface area contributed by atoms with Crippen molar-refractivity contribution in [3.05, 3.63) is 89.6 Å². The molecule has 2 aromatic carbocycles. The molecule has 178 valence electrons. The van der Waals surface area contributed by atoms with Crippen LogP contribution in [-0.2, 0) is 16.1 Å². The van der Waals surface area contributed by atoms with E-state index in [0.717, 1.165) is 5.56 Å². The summed E-state index contributed by atoms with van der Waals surface area (Å²) in [6.07, 6.45) is 2.39. The fraction of sp³-hybridized carbons (Fsp3) is 0.154. The zero-order valence-corrected chi connectivity index (χ0v) is 19.2. The highest BCUT2D eigenvalue weighted by Gasteiger charge is 2.26. The van der Waals surface area contributed by atoms with E-state index in [1.54, 1.807) is 56.3 Å². The average Bonchev–Trinajstić information content (AvgIpc) is 3.11. The summed E-state index contributed by atoms with van der Waals surface area (Å²) in [5, 5.41) is 5.71. The van der Waals surface area contributed by atoms with E-state index >= 15 is 0 Å². The third-order valence-electron chi connectivity index (χ3n) is 5.47. The van der Waals surface area contributed by atoms with Crippen molar-refractivity contribution in [2.75, 3.05) is 17.2 Å². The molecule has 2 aromatic heterocycles. The first kappa shape index (κ1) is 23.6. The number of nitrogens with zero attached hydrogens (tertiary/aromatic N) is 2. The number of anilines is 2. The third kappa shape index (κ3) is 5.19. The monoisotopic (exact) mass is 474 g/mol. The number of halogens is 1. The zero-order valence-electron chi connectivity index (χ0n) is 19.2. The molecule has 0 atom stereocenters. The SMILES string of the molecule is CCOC(=O)Nc1ccc2c(c1)c(C(=O)C(=O)Nc1ccncc1)c(C)n2Cc1ccc(F)cc1. The number of pyridine rings is 1. The molecular weight excluding hydrogens is 451 g/mol. The number of amides is 2. The van der Waals surface area contributed by atoms with Gasteiger partial charge in [0.05, 0.1) is 12.2 Å². The molecule has 35 heavy (non-hydrogen) atoms. The Morgan fingerprint density at radius 1 is 0.971 bits per heavy atom. The summed E-state index contributed by atoms with van der Waals surface area (Å²) in [6.45, 7) is 4.00. The van der Waals surface area contributed by atoms with Gasteiger partial charge >= 0.3 is 6.09 Å². The van der Waals surface area contributed by atoms with Crippen LogP contribution in [0.15, 0.2) is 67.0 Å². The van der Waals surface area contributed by atoms with Gasteiger partial charge in [0.1, 0.15) is 5.82 Å². The Morgan fingerprint density at radius 3 is 2.37 bits per heavy atom. The predicted octanol–water partition coefficient (Wildman–Crippen LogP) is 4.92. The molecule has 0 radical (unpaired) electrons. The Hall–Kier alpha value is -4.53. The van der Waals surface area contributed by atoms with Gasteiger partial charge in [0, 0.05) is 46.9 Å². The van der Waals surface area contributed by atoms with Crippen LogP contribution in [0, 0.1) is 12.7 Å². The first-order valence-electron chi connectivity index (χ1n) is 10.9. The number of ketones is 1. The van der Waals surface area contributed by atoms with E-state index in [0.29, 0.717) is 34.5 Å². The van der Waals surface area contributed by atoms with Crippen molar-refractivity contribution in [1.82, 2.24) is 9.55 Å². The molecule has 2 heterocycles. The largest absolute Gasteiger partial charge is 0.450 e. The lowest BCUT2D eigenvalue weighted by atomic mass is 10.1. The molecule has 2 amide bonds. The molecule has 0 aliphatic heterocycles. The van der Waals surface area contributed by atoms with Gasteiger partial charge in [0.2, 0.25) is 0 Å². The normalized spacial score (nSPS) is 10.7. The lowest BCUT2D eigenvalue weighted by Gasteiger charge is -2.10. The first-order valence-corrected chi connectivity index (χ1v) is 10.9. The number of Topliss-reactive ketones (excluding diaryl/α,β-unsaturated/α-hetero) is 1. The molecule has 8 nitrogen and oxygen atoms in total. The number of hydrogen-bond donors (Lipinski definition) is 2. The minimum atomic E-state index is -0.802. The van der Waals surface area contributed by atoms with Crippen molar-refractivity contribution in [3.8, 4) is 0 Å². The number of nitrogens with one attached hydrogen (secondary N) is 2. The van der Waals surface area contributed by atoms with Gasteiger partial charge in [-0.05, 0) is 61.9 Å². The van der Waals surface area contributed by atoms with Crippen molar-refractivity contribution >= 4 is 40.1 Å². The van der Waals surface area contributed by atoms with Gasteiger partial charge in [0.25, 0.3) is 11.7 Å². The van der Waals surface area contributed by atoms with Crippen molar-refractivity contribution in [2.24, 2.45) is 0 Å². The summed E-state index contributed by atoms with van der Waals surface area (Å²) >= 11 is 0. The molecule has 0 fully saturated rings. The van der Waals surface area contributed by atoms with E-state index in [1.165, 1.54) is 24.5 Å². The molecule has 0 bridgehead atoms. The molecule has 0 aliphatic rings. The lowest BCUT2D eigenvalue weighted by molar-refractivity contribution is -0.112. The van der Waals surface area contributed by atoms with Gasteiger partial charge in [-0.3, -0.25) is 19.9 Å². The van der Waals surface area contributed by atoms with Crippen LogP contribution < -0.4 is 10.6 Å². The van der Waals surface area contributed by atoms with Crippen LogP contribution >= 0.6 is 0 Å². The Balaban J connectivity index is 1.77. The Labute approximate surface area is 200 Å². The summed E-state index contributed by atoms with van der Waals surface area (Å²) in [6, 6.07) is 14.3. The molecule has 9 heteroatoms. The number of rotatable bonds is 7. The third-order valence-corrected chi connectivity index (χ3v) is 5.47. The summed E-state index contributed by atoms with van der Waals surface area (Å²) in [4.78, 5) is 42.0. The molecular formula is C26H23FN4O4. The highest BCUT2D eigenvalue weighted by Crippen LogP contribution is 2.30. The molecule has 2 N–H and O–H groups in total. The van der Waals surface area contributed by atoms with Gasteiger partial charge in [-0.15, -0.1) is 0 Å². The second-order valence-electron chi connectivity index (χ2n) is 7.77. The maximum Gasteiger partial charge on any atom is 0.411 e. The summed E-state index contributed by atoms with van der Waals surface area (Å²) in [7, 11) is 0. The molecule has 4 aromatic rings. The first-order chi connectivity index (χ1) is 16.9. The number of aromatic nitrogens is 2. The second kappa shape index (κ2) is 10.2. The van der Waals surface area contributed by atoms with Crippen LogP contribution in [0.4, 0.5) is 20.6 Å². The van der Waals surface area contributed by atoms with Crippen molar-refractivity contribution in [2.45, 2.75) is 20.4 Å². The highest BCUT2D eigenvalue weighted by atomic mass is 19.1. The average molecular weight is 474 g/mol. The number of fused-ring (bicyclic) bond motifs is 1. The van der Waals surface area contributed by atoms with E-state index < -0.39 is 17.8 Å². The minimum Gasteiger partial charge on any atom is -0.450 e. The van der Waals surface area contributed by atoms with Gasteiger partial charge in [-0.2, -0.15) is 0 Å². The Morgan fingerprint density at radius 2 is 1.69 bits per heavy atom. The number of benzene rings is 2. The van der Waals surface area contributed by atoms with Crippen LogP contribution in [0.25, 0.3) is 10.9 Å². The van der Waals surface area contributed by atoms with Crippen LogP contribution in [0.2, 0.25) is 0 Å². The van der Waals surface area contributed by atoms with Crippen molar-refractivity contribution < 1.29 is 23.5 Å². The zero-order chi connectivity index (χ0) is 24.9. The van der Waals surface area contributed by atoms with E-state index in [-0.39, 0.29) is 18.0 Å². The standard InChI is InChI=1S/C26H23FN4O4/c1-3-35-26(34)30-20-8-9-22-21(14-20)23(24(32)25(33)29-19-10-12-28-13-11-19)16(2)31(22)15-17-4-6-18(27)7-5-17/h4-14H,3,15H2,1-2H3,(H,30,34)(H,28,29,33). The van der Waals surface area contributed by atoms with Crippen molar-refractivity contribution in [3.63, 3.8) is 0 Å².